The van der Waals surface area contributed by atoms with E-state index in [-0.39, 0.29) is 6.10 Å². The predicted octanol–water partition coefficient (Wildman–Crippen LogP) is 4.89. The van der Waals surface area contributed by atoms with Crippen LogP contribution >= 0.6 is 11.6 Å². The van der Waals surface area contributed by atoms with E-state index in [0.29, 0.717) is 10.3 Å². The Morgan fingerprint density at radius 2 is 1.77 bits per heavy atom. The minimum absolute atomic E-state index is 0.0465. The van der Waals surface area contributed by atoms with Crippen LogP contribution in [0.4, 0.5) is 0 Å². The fraction of sp³-hybridized carbons (Fsp3) is 0.429. The lowest BCUT2D eigenvalue weighted by Gasteiger charge is -2.20. The zero-order valence-electron chi connectivity index (χ0n) is 15.1. The standard InChI is InChI=1S/C21H23ClO3S/c1-25-20-8-5-15(11-19(20)22)18-13-21(9-10-21)12-17(18)14-3-6-16(7-4-14)26(2,23)24/h3-7,11,20H,8-10,12-13H2,1-2H3. The molecule has 3 aliphatic rings. The molecule has 0 bridgehead atoms. The molecule has 3 nitrogen and oxygen atoms in total. The fourth-order valence-corrected chi connectivity index (χ4v) is 5.00. The van der Waals surface area contributed by atoms with Crippen LogP contribution in [0.15, 0.2) is 57.5 Å². The van der Waals surface area contributed by atoms with Gasteiger partial charge in [-0.05, 0) is 78.0 Å². The third-order valence-electron chi connectivity index (χ3n) is 5.84. The maximum atomic E-state index is 11.7. The van der Waals surface area contributed by atoms with E-state index in [1.165, 1.54) is 35.8 Å². The molecule has 0 amide bonds. The Morgan fingerprint density at radius 1 is 1.12 bits per heavy atom. The van der Waals surface area contributed by atoms with Crippen LogP contribution in [0.5, 0.6) is 0 Å². The number of halogens is 1. The molecule has 1 aromatic carbocycles. The normalized spacial score (nSPS) is 24.7. The molecule has 0 aliphatic heterocycles. The van der Waals surface area contributed by atoms with E-state index in [1.807, 2.05) is 18.2 Å². The van der Waals surface area contributed by atoms with Gasteiger partial charge in [-0.1, -0.05) is 29.8 Å². The van der Waals surface area contributed by atoms with Crippen LogP contribution in [0.2, 0.25) is 0 Å². The van der Waals surface area contributed by atoms with Gasteiger partial charge in [0.25, 0.3) is 0 Å². The first-order chi connectivity index (χ1) is 12.3. The van der Waals surface area contributed by atoms with E-state index in [0.717, 1.165) is 29.9 Å². The summed E-state index contributed by atoms with van der Waals surface area (Å²) in [6, 6.07) is 7.32. The fourth-order valence-electron chi connectivity index (χ4n) is 4.08. The van der Waals surface area contributed by atoms with E-state index >= 15 is 0 Å². The minimum atomic E-state index is -3.17. The molecule has 1 saturated carbocycles. The van der Waals surface area contributed by atoms with Crippen molar-refractivity contribution >= 4 is 27.0 Å². The number of hydrogen-bond donors (Lipinski definition) is 0. The van der Waals surface area contributed by atoms with E-state index in [4.69, 9.17) is 16.3 Å². The molecule has 0 aromatic heterocycles. The summed E-state index contributed by atoms with van der Waals surface area (Å²) in [6.07, 6.45) is 10.9. The van der Waals surface area contributed by atoms with Crippen LogP contribution < -0.4 is 0 Å². The van der Waals surface area contributed by atoms with Gasteiger partial charge < -0.3 is 4.74 Å². The molecule has 138 valence electrons. The second-order valence-corrected chi connectivity index (χ2v) is 10.2. The number of hydrogen-bond acceptors (Lipinski definition) is 3. The largest absolute Gasteiger partial charge is 0.376 e. The first kappa shape index (κ1) is 18.0. The van der Waals surface area contributed by atoms with Gasteiger partial charge in [0.2, 0.25) is 0 Å². The van der Waals surface area contributed by atoms with Gasteiger partial charge in [0.05, 0.1) is 11.0 Å². The van der Waals surface area contributed by atoms with Gasteiger partial charge in [0.15, 0.2) is 9.84 Å². The summed E-state index contributed by atoms with van der Waals surface area (Å²) in [7, 11) is -1.49. The molecular formula is C21H23ClO3S. The molecule has 1 atom stereocenters. The van der Waals surface area contributed by atoms with Crippen LogP contribution in [-0.2, 0) is 14.6 Å². The Bertz CT molecular complexity index is 932. The number of allylic oxidation sites excluding steroid dienone is 4. The lowest BCUT2D eigenvalue weighted by atomic mass is 9.92. The van der Waals surface area contributed by atoms with Crippen molar-refractivity contribution in [3.8, 4) is 0 Å². The van der Waals surface area contributed by atoms with Crippen molar-refractivity contribution in [3.63, 3.8) is 0 Å². The van der Waals surface area contributed by atoms with Gasteiger partial charge in [-0.15, -0.1) is 0 Å². The second-order valence-electron chi connectivity index (χ2n) is 7.76. The molecule has 0 radical (unpaired) electrons. The van der Waals surface area contributed by atoms with Gasteiger partial charge in [-0.3, -0.25) is 0 Å². The van der Waals surface area contributed by atoms with Crippen LogP contribution in [0.25, 0.3) is 5.57 Å². The monoisotopic (exact) mass is 390 g/mol. The van der Waals surface area contributed by atoms with Crippen molar-refractivity contribution < 1.29 is 13.2 Å². The lowest BCUT2D eigenvalue weighted by molar-refractivity contribution is 0.139. The first-order valence-corrected chi connectivity index (χ1v) is 11.2. The summed E-state index contributed by atoms with van der Waals surface area (Å²) in [6.45, 7) is 0. The zero-order valence-corrected chi connectivity index (χ0v) is 16.7. The van der Waals surface area contributed by atoms with Crippen molar-refractivity contribution in [2.45, 2.75) is 43.1 Å². The summed E-state index contributed by atoms with van der Waals surface area (Å²) in [5, 5.41) is 0.751. The number of methoxy groups -OCH3 is 1. The Labute approximate surface area is 160 Å². The molecule has 3 aliphatic carbocycles. The number of benzene rings is 1. The summed E-state index contributed by atoms with van der Waals surface area (Å²) in [4.78, 5) is 0.366. The van der Waals surface area contributed by atoms with Crippen molar-refractivity contribution in [3.05, 3.63) is 58.2 Å². The van der Waals surface area contributed by atoms with E-state index in [1.54, 1.807) is 19.2 Å². The highest BCUT2D eigenvalue weighted by Gasteiger charge is 2.48. The Balaban J connectivity index is 1.72. The molecule has 4 rings (SSSR count). The molecular weight excluding hydrogens is 368 g/mol. The second kappa shape index (κ2) is 6.36. The summed E-state index contributed by atoms with van der Waals surface area (Å²) >= 11 is 6.41. The quantitative estimate of drug-likeness (QED) is 0.735. The summed E-state index contributed by atoms with van der Waals surface area (Å²) in [5.74, 6) is 0. The Kier molecular flexibility index (Phi) is 4.41. The summed E-state index contributed by atoms with van der Waals surface area (Å²) in [5.41, 5.74) is 5.44. The molecule has 1 fully saturated rings. The highest BCUT2D eigenvalue weighted by Crippen LogP contribution is 2.62. The summed E-state index contributed by atoms with van der Waals surface area (Å²) < 4.78 is 28.9. The molecule has 1 unspecified atom stereocenters. The maximum absolute atomic E-state index is 11.7. The van der Waals surface area contributed by atoms with Gasteiger partial charge >= 0.3 is 0 Å². The molecule has 0 N–H and O–H groups in total. The molecule has 1 spiro atoms. The average Bonchev–Trinajstić information content (AvgIpc) is 3.25. The van der Waals surface area contributed by atoms with Crippen LogP contribution in [0, 0.1) is 5.41 Å². The van der Waals surface area contributed by atoms with E-state index in [2.05, 4.69) is 6.08 Å². The molecule has 5 heteroatoms. The van der Waals surface area contributed by atoms with E-state index in [9.17, 15) is 8.42 Å². The van der Waals surface area contributed by atoms with E-state index < -0.39 is 9.84 Å². The highest BCUT2D eigenvalue weighted by molar-refractivity contribution is 7.90. The topological polar surface area (TPSA) is 43.4 Å². The number of rotatable bonds is 4. The lowest BCUT2D eigenvalue weighted by Crippen LogP contribution is -2.13. The minimum Gasteiger partial charge on any atom is -0.376 e. The van der Waals surface area contributed by atoms with Crippen molar-refractivity contribution in [2.24, 2.45) is 5.41 Å². The number of ether oxygens (including phenoxy) is 1. The molecule has 0 saturated heterocycles. The SMILES string of the molecule is COC1CC=C(C2=C(c3ccc(S(C)(=O)=O)cc3)CC3(CC3)C2)C=C1Cl. The average molecular weight is 391 g/mol. The van der Waals surface area contributed by atoms with Crippen LogP contribution in [-0.4, -0.2) is 27.9 Å². The van der Waals surface area contributed by atoms with Gasteiger partial charge in [-0.2, -0.15) is 0 Å². The highest BCUT2D eigenvalue weighted by atomic mass is 35.5. The van der Waals surface area contributed by atoms with Gasteiger partial charge in [0, 0.05) is 18.4 Å². The van der Waals surface area contributed by atoms with Gasteiger partial charge in [-0.25, -0.2) is 8.42 Å². The Morgan fingerprint density at radius 3 is 2.31 bits per heavy atom. The molecule has 1 aromatic rings. The number of sulfone groups is 1. The zero-order chi connectivity index (χ0) is 18.5. The third kappa shape index (κ3) is 3.30. The van der Waals surface area contributed by atoms with Crippen LogP contribution in [0.1, 0.15) is 37.7 Å². The van der Waals surface area contributed by atoms with Crippen molar-refractivity contribution in [2.75, 3.05) is 13.4 Å². The maximum Gasteiger partial charge on any atom is 0.175 e. The predicted molar refractivity (Wildman–Crippen MR) is 105 cm³/mol. The van der Waals surface area contributed by atoms with Crippen LogP contribution in [0.3, 0.4) is 0 Å². The van der Waals surface area contributed by atoms with Crippen molar-refractivity contribution in [1.29, 1.82) is 0 Å². The van der Waals surface area contributed by atoms with Gasteiger partial charge in [0.1, 0.15) is 0 Å². The third-order valence-corrected chi connectivity index (χ3v) is 7.32. The Hall–Kier alpha value is -1.36. The molecule has 26 heavy (non-hydrogen) atoms. The first-order valence-electron chi connectivity index (χ1n) is 8.94. The smallest absolute Gasteiger partial charge is 0.175 e. The molecule has 0 heterocycles. The van der Waals surface area contributed by atoms with Crippen molar-refractivity contribution in [1.82, 2.24) is 0 Å².